The van der Waals surface area contributed by atoms with Crippen molar-refractivity contribution in [2.24, 2.45) is 0 Å². The fraction of sp³-hybridized carbons (Fsp3) is 0.417. The van der Waals surface area contributed by atoms with Crippen LogP contribution < -0.4 is 11.1 Å². The summed E-state index contributed by atoms with van der Waals surface area (Å²) in [7, 11) is 0. The summed E-state index contributed by atoms with van der Waals surface area (Å²) in [5.41, 5.74) is 7.41. The molecule has 0 aromatic heterocycles. The average molecular weight is 206 g/mol. The lowest BCUT2D eigenvalue weighted by Crippen LogP contribution is -2.22. The maximum Gasteiger partial charge on any atom is 0.220 e. The first-order valence-corrected chi connectivity index (χ1v) is 5.33. The number of rotatable bonds is 5. The quantitative estimate of drug-likeness (QED) is 0.725. The third kappa shape index (κ3) is 4.49. The highest BCUT2D eigenvalue weighted by atomic mass is 16.1. The molecule has 0 aliphatic heterocycles. The molecule has 0 bridgehead atoms. The number of amides is 1. The van der Waals surface area contributed by atoms with Gasteiger partial charge >= 0.3 is 0 Å². The van der Waals surface area contributed by atoms with Gasteiger partial charge in [-0.15, -0.1) is 0 Å². The van der Waals surface area contributed by atoms with Gasteiger partial charge in [0.2, 0.25) is 5.91 Å². The van der Waals surface area contributed by atoms with Crippen molar-refractivity contribution in [1.82, 2.24) is 5.32 Å². The van der Waals surface area contributed by atoms with Crippen molar-refractivity contribution in [2.75, 3.05) is 5.73 Å². The van der Waals surface area contributed by atoms with Crippen LogP contribution in [0.25, 0.3) is 0 Å². The van der Waals surface area contributed by atoms with Crippen molar-refractivity contribution in [2.45, 2.75) is 32.7 Å². The zero-order valence-electron chi connectivity index (χ0n) is 9.12. The number of nitrogen functional groups attached to an aromatic ring is 1. The summed E-state index contributed by atoms with van der Waals surface area (Å²) in [6.45, 7) is 2.64. The third-order valence-corrected chi connectivity index (χ3v) is 2.20. The maximum absolute atomic E-state index is 11.3. The van der Waals surface area contributed by atoms with Crippen molar-refractivity contribution < 1.29 is 4.79 Å². The Labute approximate surface area is 90.7 Å². The highest BCUT2D eigenvalue weighted by Crippen LogP contribution is 2.06. The Bertz CT molecular complexity index is 323. The lowest BCUT2D eigenvalue weighted by molar-refractivity contribution is -0.121. The van der Waals surface area contributed by atoms with Crippen molar-refractivity contribution in [1.29, 1.82) is 0 Å². The number of hydrogen-bond acceptors (Lipinski definition) is 2. The number of anilines is 1. The first-order chi connectivity index (χ1) is 7.22. The SMILES string of the molecule is CCCCC(=O)NCc1cccc(N)c1. The maximum atomic E-state index is 11.3. The van der Waals surface area contributed by atoms with E-state index in [0.29, 0.717) is 13.0 Å². The van der Waals surface area contributed by atoms with Crippen LogP contribution in [0.5, 0.6) is 0 Å². The average Bonchev–Trinajstić information content (AvgIpc) is 2.23. The van der Waals surface area contributed by atoms with Crippen LogP contribution in [0.1, 0.15) is 31.7 Å². The molecule has 0 aliphatic rings. The summed E-state index contributed by atoms with van der Waals surface area (Å²) in [6, 6.07) is 7.56. The highest BCUT2D eigenvalue weighted by Gasteiger charge is 2.00. The molecule has 0 radical (unpaired) electrons. The summed E-state index contributed by atoms with van der Waals surface area (Å²) < 4.78 is 0. The summed E-state index contributed by atoms with van der Waals surface area (Å²) >= 11 is 0. The van der Waals surface area contributed by atoms with E-state index in [9.17, 15) is 4.79 Å². The third-order valence-electron chi connectivity index (χ3n) is 2.20. The number of hydrogen-bond donors (Lipinski definition) is 2. The normalized spacial score (nSPS) is 9.93. The standard InChI is InChI=1S/C12H18N2O/c1-2-3-7-12(15)14-9-10-5-4-6-11(13)8-10/h4-6,8H,2-3,7,9,13H2,1H3,(H,14,15). The van der Waals surface area contributed by atoms with Gasteiger partial charge in [-0.1, -0.05) is 25.5 Å². The smallest absolute Gasteiger partial charge is 0.220 e. The Morgan fingerprint density at radius 1 is 1.47 bits per heavy atom. The summed E-state index contributed by atoms with van der Waals surface area (Å²) in [6.07, 6.45) is 2.60. The van der Waals surface area contributed by atoms with Crippen molar-refractivity contribution in [3.05, 3.63) is 29.8 Å². The van der Waals surface area contributed by atoms with E-state index in [0.717, 1.165) is 24.1 Å². The second kappa shape index (κ2) is 6.06. The predicted molar refractivity (Wildman–Crippen MR) is 62.2 cm³/mol. The van der Waals surface area contributed by atoms with Crippen LogP contribution in [-0.4, -0.2) is 5.91 Å². The van der Waals surface area contributed by atoms with Gasteiger partial charge in [-0.25, -0.2) is 0 Å². The molecule has 0 spiro atoms. The van der Waals surface area contributed by atoms with Crippen LogP contribution in [0.4, 0.5) is 5.69 Å². The molecular formula is C12H18N2O. The predicted octanol–water partition coefficient (Wildman–Crippen LogP) is 2.08. The van der Waals surface area contributed by atoms with Crippen molar-refractivity contribution >= 4 is 11.6 Å². The van der Waals surface area contributed by atoms with Gasteiger partial charge in [0.1, 0.15) is 0 Å². The van der Waals surface area contributed by atoms with Crippen LogP contribution in [0.15, 0.2) is 24.3 Å². The molecule has 3 N–H and O–H groups in total. The Hall–Kier alpha value is -1.51. The van der Waals surface area contributed by atoms with Gasteiger partial charge in [0, 0.05) is 18.7 Å². The second-order valence-corrected chi connectivity index (χ2v) is 3.63. The monoisotopic (exact) mass is 206 g/mol. The molecule has 1 aromatic carbocycles. The van der Waals surface area contributed by atoms with Crippen LogP contribution in [0.2, 0.25) is 0 Å². The molecule has 15 heavy (non-hydrogen) atoms. The topological polar surface area (TPSA) is 55.1 Å². The van der Waals surface area contributed by atoms with E-state index in [1.807, 2.05) is 24.3 Å². The highest BCUT2D eigenvalue weighted by molar-refractivity contribution is 5.75. The number of nitrogens with two attached hydrogens (primary N) is 1. The lowest BCUT2D eigenvalue weighted by atomic mass is 10.2. The van der Waals surface area contributed by atoms with Crippen LogP contribution >= 0.6 is 0 Å². The number of carbonyl (C=O) groups is 1. The molecule has 0 atom stereocenters. The van der Waals surface area contributed by atoms with E-state index < -0.39 is 0 Å². The van der Waals surface area contributed by atoms with Gasteiger partial charge in [-0.3, -0.25) is 4.79 Å². The fourth-order valence-corrected chi connectivity index (χ4v) is 1.33. The van der Waals surface area contributed by atoms with Crippen molar-refractivity contribution in [3.8, 4) is 0 Å². The molecule has 0 aliphatic carbocycles. The first kappa shape index (κ1) is 11.6. The Morgan fingerprint density at radius 3 is 2.93 bits per heavy atom. The Morgan fingerprint density at radius 2 is 2.27 bits per heavy atom. The molecule has 1 amide bonds. The van der Waals surface area contributed by atoms with Gasteiger partial charge in [-0.2, -0.15) is 0 Å². The van der Waals surface area contributed by atoms with Gasteiger partial charge in [0.15, 0.2) is 0 Å². The molecule has 82 valence electrons. The van der Waals surface area contributed by atoms with E-state index in [1.165, 1.54) is 0 Å². The number of unbranched alkanes of at least 4 members (excludes halogenated alkanes) is 1. The van der Waals surface area contributed by atoms with E-state index in [2.05, 4.69) is 12.2 Å². The minimum Gasteiger partial charge on any atom is -0.399 e. The molecule has 0 saturated carbocycles. The van der Waals surface area contributed by atoms with Crippen LogP contribution in [-0.2, 0) is 11.3 Å². The van der Waals surface area contributed by atoms with Gasteiger partial charge in [0.25, 0.3) is 0 Å². The Kier molecular flexibility index (Phi) is 4.68. The van der Waals surface area contributed by atoms with E-state index in [1.54, 1.807) is 0 Å². The lowest BCUT2D eigenvalue weighted by Gasteiger charge is -2.05. The summed E-state index contributed by atoms with van der Waals surface area (Å²) in [5, 5.41) is 2.87. The van der Waals surface area contributed by atoms with Gasteiger partial charge < -0.3 is 11.1 Å². The van der Waals surface area contributed by atoms with Gasteiger partial charge in [0.05, 0.1) is 0 Å². The van der Waals surface area contributed by atoms with Gasteiger partial charge in [-0.05, 0) is 24.1 Å². The molecule has 0 heterocycles. The molecule has 0 fully saturated rings. The molecule has 0 unspecified atom stereocenters. The second-order valence-electron chi connectivity index (χ2n) is 3.63. The minimum absolute atomic E-state index is 0.110. The van der Waals surface area contributed by atoms with E-state index >= 15 is 0 Å². The number of benzene rings is 1. The first-order valence-electron chi connectivity index (χ1n) is 5.33. The summed E-state index contributed by atoms with van der Waals surface area (Å²) in [4.78, 5) is 11.3. The number of nitrogens with one attached hydrogen (secondary N) is 1. The van der Waals surface area contributed by atoms with E-state index in [-0.39, 0.29) is 5.91 Å². The molecule has 3 heteroatoms. The Balaban J connectivity index is 2.33. The summed E-state index contributed by atoms with van der Waals surface area (Å²) in [5.74, 6) is 0.110. The molecule has 0 saturated heterocycles. The van der Waals surface area contributed by atoms with Crippen LogP contribution in [0, 0.1) is 0 Å². The largest absolute Gasteiger partial charge is 0.399 e. The zero-order chi connectivity index (χ0) is 11.1. The number of carbonyl (C=O) groups excluding carboxylic acids is 1. The molecular weight excluding hydrogens is 188 g/mol. The minimum atomic E-state index is 0.110. The van der Waals surface area contributed by atoms with Crippen LogP contribution in [0.3, 0.4) is 0 Å². The fourth-order valence-electron chi connectivity index (χ4n) is 1.33. The van der Waals surface area contributed by atoms with E-state index in [4.69, 9.17) is 5.73 Å². The molecule has 1 aromatic rings. The molecule has 1 rings (SSSR count). The molecule has 3 nitrogen and oxygen atoms in total. The van der Waals surface area contributed by atoms with Crippen molar-refractivity contribution in [3.63, 3.8) is 0 Å². The zero-order valence-corrected chi connectivity index (χ0v) is 9.12.